The molecular formula is C16H22N2O2. The van der Waals surface area contributed by atoms with Gasteiger partial charge in [-0.1, -0.05) is 24.6 Å². The number of hydrogen-bond acceptors (Lipinski definition) is 3. The van der Waals surface area contributed by atoms with Crippen LogP contribution in [0.4, 0.5) is 0 Å². The number of carbonyl (C=O) groups is 1. The van der Waals surface area contributed by atoms with E-state index in [1.54, 1.807) is 0 Å². The molecule has 1 aromatic rings. The topological polar surface area (TPSA) is 64.4 Å². The first-order valence-electron chi connectivity index (χ1n) is 7.42. The second kappa shape index (κ2) is 5.44. The maximum Gasteiger partial charge on any atom is 0.220 e. The summed E-state index contributed by atoms with van der Waals surface area (Å²) < 4.78 is 5.81. The van der Waals surface area contributed by atoms with Crippen LogP contribution in [0.5, 0.6) is 5.75 Å². The van der Waals surface area contributed by atoms with Crippen LogP contribution in [0, 0.1) is 5.41 Å². The summed E-state index contributed by atoms with van der Waals surface area (Å²) >= 11 is 0. The van der Waals surface area contributed by atoms with Crippen LogP contribution in [0.2, 0.25) is 0 Å². The minimum atomic E-state index is 0.0616. The molecule has 4 heteroatoms. The lowest BCUT2D eigenvalue weighted by atomic mass is 9.66. The monoisotopic (exact) mass is 274 g/mol. The van der Waals surface area contributed by atoms with Gasteiger partial charge in [-0.15, -0.1) is 0 Å². The zero-order valence-corrected chi connectivity index (χ0v) is 11.7. The number of nitrogens with two attached hydrogens (primary N) is 1. The van der Waals surface area contributed by atoms with Crippen LogP contribution in [0.25, 0.3) is 0 Å². The number of hydrogen-bond donors (Lipinski definition) is 2. The summed E-state index contributed by atoms with van der Waals surface area (Å²) in [4.78, 5) is 12.0. The van der Waals surface area contributed by atoms with Crippen molar-refractivity contribution in [3.05, 3.63) is 29.8 Å². The molecule has 1 unspecified atom stereocenters. The van der Waals surface area contributed by atoms with Gasteiger partial charge in [0.05, 0.1) is 6.54 Å². The fourth-order valence-corrected chi connectivity index (χ4v) is 3.13. The van der Waals surface area contributed by atoms with Crippen molar-refractivity contribution in [2.24, 2.45) is 11.1 Å². The van der Waals surface area contributed by atoms with Gasteiger partial charge in [-0.3, -0.25) is 4.79 Å². The Balaban J connectivity index is 1.46. The van der Waals surface area contributed by atoms with Crippen LogP contribution >= 0.6 is 0 Å². The van der Waals surface area contributed by atoms with Crippen molar-refractivity contribution in [1.29, 1.82) is 0 Å². The highest BCUT2D eigenvalue weighted by molar-refractivity contribution is 5.76. The van der Waals surface area contributed by atoms with E-state index in [1.165, 1.54) is 12.0 Å². The van der Waals surface area contributed by atoms with E-state index < -0.39 is 0 Å². The highest BCUT2D eigenvalue weighted by Gasteiger charge is 2.37. The van der Waals surface area contributed by atoms with Crippen molar-refractivity contribution in [3.63, 3.8) is 0 Å². The van der Waals surface area contributed by atoms with Crippen molar-refractivity contribution < 1.29 is 9.53 Å². The van der Waals surface area contributed by atoms with Crippen LogP contribution in [0.15, 0.2) is 24.3 Å². The lowest BCUT2D eigenvalue weighted by Gasteiger charge is -2.40. The second-order valence-electron chi connectivity index (χ2n) is 6.09. The molecule has 1 atom stereocenters. The molecule has 108 valence electrons. The Morgan fingerprint density at radius 1 is 1.40 bits per heavy atom. The van der Waals surface area contributed by atoms with Crippen molar-refractivity contribution in [2.45, 2.75) is 38.2 Å². The molecule has 1 amide bonds. The second-order valence-corrected chi connectivity index (χ2v) is 6.09. The summed E-state index contributed by atoms with van der Waals surface area (Å²) in [7, 11) is 0. The Bertz CT molecular complexity index is 466. The van der Waals surface area contributed by atoms with Gasteiger partial charge in [-0.25, -0.2) is 0 Å². The van der Waals surface area contributed by atoms with Crippen LogP contribution < -0.4 is 15.8 Å². The number of ether oxygens (including phenoxy) is 1. The Labute approximate surface area is 119 Å². The number of carbonyl (C=O) groups excluding carboxylic acids is 1. The molecule has 3 N–H and O–H groups in total. The molecule has 0 aromatic heterocycles. The molecule has 4 nitrogen and oxygen atoms in total. The van der Waals surface area contributed by atoms with Gasteiger partial charge in [0.2, 0.25) is 5.91 Å². The van der Waals surface area contributed by atoms with E-state index in [0.717, 1.165) is 25.0 Å². The van der Waals surface area contributed by atoms with Gasteiger partial charge in [0.1, 0.15) is 11.9 Å². The molecule has 2 aliphatic rings. The number of amides is 1. The van der Waals surface area contributed by atoms with E-state index in [-0.39, 0.29) is 17.4 Å². The normalized spacial score (nSPS) is 22.6. The maximum atomic E-state index is 12.0. The minimum absolute atomic E-state index is 0.0616. The average Bonchev–Trinajstić information content (AvgIpc) is 2.83. The fourth-order valence-electron chi connectivity index (χ4n) is 3.13. The van der Waals surface area contributed by atoms with E-state index in [4.69, 9.17) is 10.5 Å². The zero-order chi connectivity index (χ0) is 14.0. The third-order valence-corrected chi connectivity index (χ3v) is 4.62. The fraction of sp³-hybridized carbons (Fsp3) is 0.562. The zero-order valence-electron chi connectivity index (χ0n) is 11.7. The van der Waals surface area contributed by atoms with E-state index in [0.29, 0.717) is 19.5 Å². The van der Waals surface area contributed by atoms with Gasteiger partial charge in [-0.2, -0.15) is 0 Å². The Hall–Kier alpha value is -1.55. The molecule has 0 spiro atoms. The Kier molecular flexibility index (Phi) is 3.66. The third kappa shape index (κ3) is 2.66. The molecule has 1 fully saturated rings. The molecule has 1 aliphatic heterocycles. The Morgan fingerprint density at radius 3 is 2.85 bits per heavy atom. The van der Waals surface area contributed by atoms with Crippen LogP contribution in [-0.4, -0.2) is 25.1 Å². The van der Waals surface area contributed by atoms with Crippen LogP contribution in [0.1, 0.15) is 31.2 Å². The summed E-state index contributed by atoms with van der Waals surface area (Å²) in [5.74, 6) is 1.05. The van der Waals surface area contributed by atoms with E-state index in [1.807, 2.05) is 18.2 Å². The van der Waals surface area contributed by atoms with E-state index in [2.05, 4.69) is 11.4 Å². The average molecular weight is 274 g/mol. The number of rotatable bonds is 5. The third-order valence-electron chi connectivity index (χ3n) is 4.62. The maximum absolute atomic E-state index is 12.0. The first-order chi connectivity index (χ1) is 9.71. The summed E-state index contributed by atoms with van der Waals surface area (Å²) in [5, 5.41) is 3.00. The summed E-state index contributed by atoms with van der Waals surface area (Å²) in [6.07, 6.45) is 4.86. The van der Waals surface area contributed by atoms with Gasteiger partial charge in [0, 0.05) is 12.8 Å². The standard InChI is InChI=1S/C16H22N2O2/c17-11-16(6-3-7-16)9-15(19)18-10-13-8-12-4-1-2-5-14(12)20-13/h1-2,4-5,13H,3,6-11,17H2,(H,18,19). The number of nitrogens with one attached hydrogen (secondary N) is 1. The van der Waals surface area contributed by atoms with E-state index in [9.17, 15) is 4.79 Å². The SMILES string of the molecule is NCC1(CC(=O)NCC2Cc3ccccc3O2)CCC1. The molecule has 20 heavy (non-hydrogen) atoms. The predicted octanol–water partition coefficient (Wildman–Crippen LogP) is 1.63. The largest absolute Gasteiger partial charge is 0.488 e. The van der Waals surface area contributed by atoms with Crippen molar-refractivity contribution >= 4 is 5.91 Å². The highest BCUT2D eigenvalue weighted by Crippen LogP contribution is 2.42. The van der Waals surface area contributed by atoms with Crippen molar-refractivity contribution in [3.8, 4) is 5.75 Å². The number of fused-ring (bicyclic) bond motifs is 1. The van der Waals surface area contributed by atoms with Gasteiger partial charge in [0.15, 0.2) is 0 Å². The van der Waals surface area contributed by atoms with Gasteiger partial charge in [-0.05, 0) is 36.4 Å². The molecule has 3 rings (SSSR count). The van der Waals surface area contributed by atoms with Crippen LogP contribution in [0.3, 0.4) is 0 Å². The quantitative estimate of drug-likeness (QED) is 0.857. The minimum Gasteiger partial charge on any atom is -0.488 e. The predicted molar refractivity (Wildman–Crippen MR) is 77.5 cm³/mol. The molecule has 0 radical (unpaired) electrons. The summed E-state index contributed by atoms with van der Waals surface area (Å²) in [6.45, 7) is 1.19. The molecule has 1 aromatic carbocycles. The molecule has 1 heterocycles. The van der Waals surface area contributed by atoms with Gasteiger partial charge < -0.3 is 15.8 Å². The summed E-state index contributed by atoms with van der Waals surface area (Å²) in [5.41, 5.74) is 7.09. The Morgan fingerprint density at radius 2 is 2.20 bits per heavy atom. The molecule has 1 saturated carbocycles. The lowest BCUT2D eigenvalue weighted by Crippen LogP contribution is -2.43. The van der Waals surface area contributed by atoms with Crippen molar-refractivity contribution in [1.82, 2.24) is 5.32 Å². The van der Waals surface area contributed by atoms with Gasteiger partial charge in [0.25, 0.3) is 0 Å². The molecule has 0 bridgehead atoms. The van der Waals surface area contributed by atoms with E-state index >= 15 is 0 Å². The first kappa shape index (κ1) is 13.4. The smallest absolute Gasteiger partial charge is 0.220 e. The van der Waals surface area contributed by atoms with Crippen LogP contribution in [-0.2, 0) is 11.2 Å². The number of benzene rings is 1. The number of para-hydroxylation sites is 1. The summed E-state index contributed by atoms with van der Waals surface area (Å²) in [6, 6.07) is 8.05. The van der Waals surface area contributed by atoms with Crippen molar-refractivity contribution in [2.75, 3.05) is 13.1 Å². The van der Waals surface area contributed by atoms with Gasteiger partial charge >= 0.3 is 0 Å². The first-order valence-corrected chi connectivity index (χ1v) is 7.42. The molecule has 1 aliphatic carbocycles. The molecule has 0 saturated heterocycles. The molecular weight excluding hydrogens is 252 g/mol. The lowest BCUT2D eigenvalue weighted by molar-refractivity contribution is -0.125. The highest BCUT2D eigenvalue weighted by atomic mass is 16.5.